The van der Waals surface area contributed by atoms with Crippen LogP contribution in [0.1, 0.15) is 29.5 Å². The molecule has 0 bridgehead atoms. The minimum Gasteiger partial charge on any atom is -0.410 e. The maximum atomic E-state index is 14.4. The summed E-state index contributed by atoms with van der Waals surface area (Å²) in [5.74, 6) is 0.224. The SMILES string of the molecule is C=CCN1CC(=O)N2[C@@H](Cc3ccc(OSN)cc3)C(=O)N(Cc3cccc(N4CCCC4)c3)C[C@@H]2N1C(=O)NCc1ccccc1. The summed E-state index contributed by atoms with van der Waals surface area (Å²) < 4.78 is 5.32. The van der Waals surface area contributed by atoms with Crippen LogP contribution in [0.4, 0.5) is 10.5 Å². The number of fused-ring (bicyclic) bond motifs is 1. The van der Waals surface area contributed by atoms with Crippen LogP contribution in [-0.4, -0.2) is 82.6 Å². The minimum absolute atomic E-state index is 0.0521. The van der Waals surface area contributed by atoms with E-state index in [2.05, 4.69) is 28.9 Å². The first-order valence-electron chi connectivity index (χ1n) is 16.0. The highest BCUT2D eigenvalue weighted by Crippen LogP contribution is 2.30. The zero-order valence-electron chi connectivity index (χ0n) is 26.4. The van der Waals surface area contributed by atoms with Gasteiger partial charge in [0.15, 0.2) is 0 Å². The molecule has 3 fully saturated rings. The van der Waals surface area contributed by atoms with E-state index in [1.807, 2.05) is 54.6 Å². The van der Waals surface area contributed by atoms with Gasteiger partial charge >= 0.3 is 6.03 Å². The number of nitrogens with two attached hydrogens (primary N) is 1. The number of hydrogen-bond donors (Lipinski definition) is 2. The predicted octanol–water partition coefficient (Wildman–Crippen LogP) is 3.92. The molecule has 12 heteroatoms. The summed E-state index contributed by atoms with van der Waals surface area (Å²) in [7, 11) is 0. The minimum atomic E-state index is -0.811. The van der Waals surface area contributed by atoms with E-state index in [-0.39, 0.29) is 37.4 Å². The van der Waals surface area contributed by atoms with E-state index < -0.39 is 12.2 Å². The summed E-state index contributed by atoms with van der Waals surface area (Å²) >= 11 is 0.760. The number of anilines is 1. The van der Waals surface area contributed by atoms with E-state index in [0.717, 1.165) is 47.7 Å². The maximum absolute atomic E-state index is 14.4. The van der Waals surface area contributed by atoms with Crippen LogP contribution in [0.3, 0.4) is 0 Å². The predicted molar refractivity (Wildman–Crippen MR) is 183 cm³/mol. The van der Waals surface area contributed by atoms with Crippen LogP contribution in [0.2, 0.25) is 0 Å². The molecule has 6 rings (SSSR count). The molecule has 0 unspecified atom stereocenters. The van der Waals surface area contributed by atoms with Gasteiger partial charge in [-0.05, 0) is 53.8 Å². The molecule has 3 saturated heterocycles. The Bertz CT molecular complexity index is 1570. The quantitative estimate of drug-likeness (QED) is 0.182. The lowest BCUT2D eigenvalue weighted by atomic mass is 9.98. The number of benzene rings is 3. The third-order valence-electron chi connectivity index (χ3n) is 8.92. The number of rotatable bonds is 11. The molecule has 0 aliphatic carbocycles. The van der Waals surface area contributed by atoms with Crippen molar-refractivity contribution in [2.75, 3.05) is 37.6 Å². The molecular formula is C35H41N7O4S. The number of nitrogens with one attached hydrogen (secondary N) is 1. The third kappa shape index (κ3) is 7.40. The summed E-state index contributed by atoms with van der Waals surface area (Å²) in [5, 5.41) is 11.8. The Kier molecular flexibility index (Phi) is 10.3. The van der Waals surface area contributed by atoms with Crippen molar-refractivity contribution in [2.24, 2.45) is 5.14 Å². The second-order valence-electron chi connectivity index (χ2n) is 12.0. The van der Waals surface area contributed by atoms with E-state index in [9.17, 15) is 14.4 Å². The smallest absolute Gasteiger partial charge is 0.334 e. The van der Waals surface area contributed by atoms with Gasteiger partial charge in [-0.2, -0.15) is 0 Å². The van der Waals surface area contributed by atoms with Crippen LogP contribution < -0.4 is 19.5 Å². The number of amides is 4. The number of piperazine rings is 1. The van der Waals surface area contributed by atoms with Crippen molar-refractivity contribution >= 4 is 35.8 Å². The molecule has 47 heavy (non-hydrogen) atoms. The molecule has 3 N–H and O–H groups in total. The highest BCUT2D eigenvalue weighted by atomic mass is 32.2. The third-order valence-corrected chi connectivity index (χ3v) is 9.21. The highest BCUT2D eigenvalue weighted by molar-refractivity contribution is 7.92. The molecule has 3 aromatic carbocycles. The Morgan fingerprint density at radius 1 is 0.979 bits per heavy atom. The average Bonchev–Trinajstić information content (AvgIpc) is 3.63. The van der Waals surface area contributed by atoms with Gasteiger partial charge in [0.05, 0.1) is 13.1 Å². The normalized spacial score (nSPS) is 19.9. The summed E-state index contributed by atoms with van der Waals surface area (Å²) in [5.41, 5.74) is 3.96. The standard InChI is InChI=1S/C35H41N7O4S/c1-2-17-40-25-33(43)41-31(21-26-13-15-30(16-14-26)46-47-36)34(44)39(23-28-11-8-12-29(20-28)38-18-6-7-19-38)24-32(41)42(40)35(45)37-22-27-9-4-3-5-10-27/h2-5,8-16,20,31-32H,1,6-7,17-19,21-25,36H2,(H,37,45)/t31-,32-/m0/s1. The first-order valence-corrected chi connectivity index (χ1v) is 16.8. The van der Waals surface area contributed by atoms with Gasteiger partial charge in [-0.15, -0.1) is 6.58 Å². The van der Waals surface area contributed by atoms with Crippen molar-refractivity contribution in [3.63, 3.8) is 0 Å². The first-order chi connectivity index (χ1) is 22.9. The highest BCUT2D eigenvalue weighted by Gasteiger charge is 2.51. The van der Waals surface area contributed by atoms with Gasteiger partial charge in [-0.1, -0.05) is 60.7 Å². The van der Waals surface area contributed by atoms with Gasteiger partial charge in [0.2, 0.25) is 11.8 Å². The number of hydrogen-bond acceptors (Lipinski definition) is 8. The lowest BCUT2D eigenvalue weighted by Gasteiger charge is -2.55. The molecule has 0 aromatic heterocycles. The summed E-state index contributed by atoms with van der Waals surface area (Å²) in [6.45, 7) is 7.01. The van der Waals surface area contributed by atoms with Gasteiger partial charge in [0, 0.05) is 44.8 Å². The monoisotopic (exact) mass is 655 g/mol. The van der Waals surface area contributed by atoms with Crippen molar-refractivity contribution in [2.45, 2.75) is 44.6 Å². The van der Waals surface area contributed by atoms with E-state index in [0.29, 0.717) is 25.4 Å². The molecule has 3 aliphatic rings. The molecule has 0 spiro atoms. The molecule has 3 aliphatic heterocycles. The van der Waals surface area contributed by atoms with Gasteiger partial charge in [0.25, 0.3) is 0 Å². The Balaban J connectivity index is 1.32. The second kappa shape index (κ2) is 14.9. The zero-order valence-corrected chi connectivity index (χ0v) is 27.2. The van der Waals surface area contributed by atoms with E-state index >= 15 is 0 Å². The van der Waals surface area contributed by atoms with Gasteiger partial charge in [-0.3, -0.25) is 9.59 Å². The summed E-state index contributed by atoms with van der Waals surface area (Å²) in [6.07, 6.45) is 3.58. The maximum Gasteiger partial charge on any atom is 0.334 e. The molecule has 0 saturated carbocycles. The largest absolute Gasteiger partial charge is 0.410 e. The molecule has 0 radical (unpaired) electrons. The van der Waals surface area contributed by atoms with E-state index in [1.54, 1.807) is 38.0 Å². The van der Waals surface area contributed by atoms with Crippen LogP contribution >= 0.6 is 12.2 Å². The number of carbonyl (C=O) groups excluding carboxylic acids is 3. The lowest BCUT2D eigenvalue weighted by Crippen LogP contribution is -2.76. The summed E-state index contributed by atoms with van der Waals surface area (Å²) in [6, 6.07) is 24.2. The lowest BCUT2D eigenvalue weighted by molar-refractivity contribution is -0.189. The van der Waals surface area contributed by atoms with Gasteiger partial charge in [-0.25, -0.2) is 20.0 Å². The Labute approximate surface area is 280 Å². The first kappa shape index (κ1) is 32.4. The summed E-state index contributed by atoms with van der Waals surface area (Å²) in [4.78, 5) is 48.0. The molecule has 3 aromatic rings. The Morgan fingerprint density at radius 2 is 1.72 bits per heavy atom. The van der Waals surface area contributed by atoms with Crippen LogP contribution in [0.15, 0.2) is 91.5 Å². The Morgan fingerprint density at radius 3 is 2.45 bits per heavy atom. The fourth-order valence-corrected chi connectivity index (χ4v) is 6.93. The molecule has 246 valence electrons. The molecular weight excluding hydrogens is 614 g/mol. The second-order valence-corrected chi connectivity index (χ2v) is 12.4. The number of hydrazine groups is 1. The fraction of sp³-hybridized carbons (Fsp3) is 0.343. The zero-order chi connectivity index (χ0) is 32.8. The van der Waals surface area contributed by atoms with E-state index in [4.69, 9.17) is 9.32 Å². The van der Waals surface area contributed by atoms with Crippen molar-refractivity contribution in [3.8, 4) is 5.75 Å². The van der Waals surface area contributed by atoms with Gasteiger partial charge in [0.1, 0.15) is 30.2 Å². The van der Waals surface area contributed by atoms with Crippen molar-refractivity contribution in [3.05, 3.63) is 108 Å². The van der Waals surface area contributed by atoms with Crippen molar-refractivity contribution in [1.82, 2.24) is 25.1 Å². The van der Waals surface area contributed by atoms with Crippen LogP contribution in [0.5, 0.6) is 5.75 Å². The number of carbonyl (C=O) groups is 3. The average molecular weight is 656 g/mol. The fourth-order valence-electron chi connectivity index (χ4n) is 6.71. The van der Waals surface area contributed by atoms with Crippen LogP contribution in [-0.2, 0) is 29.1 Å². The molecule has 11 nitrogen and oxygen atoms in total. The van der Waals surface area contributed by atoms with Crippen LogP contribution in [0, 0.1) is 0 Å². The molecule has 4 amide bonds. The van der Waals surface area contributed by atoms with Crippen LogP contribution in [0.25, 0.3) is 0 Å². The van der Waals surface area contributed by atoms with Crippen molar-refractivity contribution in [1.29, 1.82) is 0 Å². The van der Waals surface area contributed by atoms with E-state index in [1.165, 1.54) is 12.8 Å². The molecule has 2 atom stereocenters. The van der Waals surface area contributed by atoms with Gasteiger partial charge < -0.3 is 24.2 Å². The number of urea groups is 1. The number of nitrogens with zero attached hydrogens (tertiary/aromatic N) is 5. The van der Waals surface area contributed by atoms with Crippen molar-refractivity contribution < 1.29 is 18.6 Å². The topological polar surface area (TPSA) is 115 Å². The Hall–Kier alpha value is -4.52. The molecule has 3 heterocycles.